The molecule has 3 rings (SSSR count). The lowest BCUT2D eigenvalue weighted by Gasteiger charge is -2.34. The Bertz CT molecular complexity index is 787. The Hall–Kier alpha value is -2.14. The summed E-state index contributed by atoms with van der Waals surface area (Å²) < 4.78 is 0. The van der Waals surface area contributed by atoms with E-state index in [9.17, 15) is 9.59 Å². The normalized spacial score (nSPS) is 23.4. The van der Waals surface area contributed by atoms with Gasteiger partial charge in [-0.3, -0.25) is 14.5 Å². The van der Waals surface area contributed by atoms with E-state index in [-0.39, 0.29) is 23.1 Å². The minimum Gasteiger partial charge on any atom is -0.340 e. The summed E-state index contributed by atoms with van der Waals surface area (Å²) >= 11 is 0. The second kappa shape index (κ2) is 8.70. The number of nitrogens with zero attached hydrogens (tertiary/aromatic N) is 2. The van der Waals surface area contributed by atoms with Crippen LogP contribution in [0.15, 0.2) is 35.9 Å². The van der Waals surface area contributed by atoms with Gasteiger partial charge < -0.3 is 10.2 Å². The number of benzene rings is 1. The molecule has 0 radical (unpaired) electrons. The van der Waals surface area contributed by atoms with E-state index in [1.807, 2.05) is 29.2 Å². The number of anilines is 1. The number of carbonyl (C=O) groups is 2. The number of para-hydroxylation sites is 1. The molecule has 1 aliphatic carbocycles. The van der Waals surface area contributed by atoms with E-state index < -0.39 is 0 Å². The third kappa shape index (κ3) is 4.89. The van der Waals surface area contributed by atoms with E-state index in [1.165, 1.54) is 5.57 Å². The molecule has 5 heteroatoms. The molecule has 1 saturated heterocycles. The van der Waals surface area contributed by atoms with Crippen molar-refractivity contribution < 1.29 is 9.59 Å². The standard InChI is InChI=1S/C24H35N3O2/c1-6-18-9-7-8-10-20(18)25-21(28)16-26-11-13-27(14-12-26)23(29)22-19(15-17(2)3)24(22,4)5/h7-10,15,19,22H,6,11-14,16H2,1-5H3,(H,25,28). The van der Waals surface area contributed by atoms with Crippen LogP contribution in [0.5, 0.6) is 0 Å². The first-order valence-electron chi connectivity index (χ1n) is 10.8. The Morgan fingerprint density at radius 1 is 1.14 bits per heavy atom. The number of aryl methyl sites for hydroxylation is 1. The van der Waals surface area contributed by atoms with Crippen LogP contribution in [0.25, 0.3) is 0 Å². The molecule has 2 fully saturated rings. The van der Waals surface area contributed by atoms with Gasteiger partial charge in [0.1, 0.15) is 0 Å². The number of allylic oxidation sites excluding steroid dienone is 2. The Morgan fingerprint density at radius 2 is 1.79 bits per heavy atom. The van der Waals surface area contributed by atoms with Crippen molar-refractivity contribution in [2.24, 2.45) is 17.3 Å². The number of piperazine rings is 1. The number of carbonyl (C=O) groups excluding carboxylic acids is 2. The summed E-state index contributed by atoms with van der Waals surface area (Å²) in [5, 5.41) is 3.04. The minimum atomic E-state index is 0.0117. The van der Waals surface area contributed by atoms with Crippen LogP contribution < -0.4 is 5.32 Å². The molecule has 0 spiro atoms. The first-order chi connectivity index (χ1) is 13.7. The molecule has 29 heavy (non-hydrogen) atoms. The van der Waals surface area contributed by atoms with Crippen LogP contribution in [0.1, 0.15) is 40.2 Å². The van der Waals surface area contributed by atoms with Crippen LogP contribution in [-0.2, 0) is 16.0 Å². The zero-order chi connectivity index (χ0) is 21.2. The van der Waals surface area contributed by atoms with Gasteiger partial charge in [0.15, 0.2) is 0 Å². The fourth-order valence-corrected chi connectivity index (χ4v) is 4.49. The maximum absolute atomic E-state index is 13.0. The Kier molecular flexibility index (Phi) is 6.47. The average Bonchev–Trinajstić information content (AvgIpc) is 3.21. The average molecular weight is 398 g/mol. The van der Waals surface area contributed by atoms with E-state index in [2.05, 4.69) is 50.9 Å². The summed E-state index contributed by atoms with van der Waals surface area (Å²) in [6.07, 6.45) is 3.14. The second-order valence-electron chi connectivity index (χ2n) is 9.23. The summed E-state index contributed by atoms with van der Waals surface area (Å²) in [6, 6.07) is 7.94. The first-order valence-corrected chi connectivity index (χ1v) is 10.8. The third-order valence-electron chi connectivity index (χ3n) is 6.41. The Labute approximate surface area is 175 Å². The first kappa shape index (κ1) is 21.6. The highest BCUT2D eigenvalue weighted by molar-refractivity contribution is 5.93. The van der Waals surface area contributed by atoms with Gasteiger partial charge in [0.05, 0.1) is 12.5 Å². The molecule has 158 valence electrons. The quantitative estimate of drug-likeness (QED) is 0.747. The SMILES string of the molecule is CCc1ccccc1NC(=O)CN1CCN(C(=O)C2C(C=C(C)C)C2(C)C)CC1. The van der Waals surface area contributed by atoms with Crippen molar-refractivity contribution >= 4 is 17.5 Å². The van der Waals surface area contributed by atoms with Gasteiger partial charge in [-0.1, -0.05) is 50.6 Å². The van der Waals surface area contributed by atoms with E-state index in [4.69, 9.17) is 0 Å². The molecular formula is C24H35N3O2. The van der Waals surface area contributed by atoms with E-state index in [0.717, 1.165) is 30.8 Å². The van der Waals surface area contributed by atoms with Crippen molar-refractivity contribution in [3.63, 3.8) is 0 Å². The largest absolute Gasteiger partial charge is 0.340 e. The van der Waals surface area contributed by atoms with Crippen LogP contribution in [0, 0.1) is 17.3 Å². The van der Waals surface area contributed by atoms with Crippen molar-refractivity contribution in [3.05, 3.63) is 41.5 Å². The van der Waals surface area contributed by atoms with Crippen LogP contribution in [0.2, 0.25) is 0 Å². The molecule has 1 aromatic carbocycles. The molecule has 1 aliphatic heterocycles. The molecule has 0 bridgehead atoms. The van der Waals surface area contributed by atoms with Gasteiger partial charge in [0.2, 0.25) is 11.8 Å². The molecule has 0 aromatic heterocycles. The molecule has 1 N–H and O–H groups in total. The van der Waals surface area contributed by atoms with Gasteiger partial charge in [-0.15, -0.1) is 0 Å². The number of hydrogen-bond acceptors (Lipinski definition) is 3. The summed E-state index contributed by atoms with van der Waals surface area (Å²) in [4.78, 5) is 29.6. The highest BCUT2D eigenvalue weighted by Gasteiger charge is 2.61. The topological polar surface area (TPSA) is 52.7 Å². The number of hydrogen-bond donors (Lipinski definition) is 1. The summed E-state index contributed by atoms with van der Waals surface area (Å²) in [5.74, 6) is 0.733. The minimum absolute atomic E-state index is 0.0117. The van der Waals surface area contributed by atoms with Crippen molar-refractivity contribution in [2.75, 3.05) is 38.0 Å². The van der Waals surface area contributed by atoms with E-state index in [1.54, 1.807) is 0 Å². The van der Waals surface area contributed by atoms with E-state index >= 15 is 0 Å². The lowest BCUT2D eigenvalue weighted by Crippen LogP contribution is -2.51. The van der Waals surface area contributed by atoms with Crippen LogP contribution in [0.3, 0.4) is 0 Å². The summed E-state index contributed by atoms with van der Waals surface area (Å²) in [6.45, 7) is 13.9. The van der Waals surface area contributed by atoms with Crippen LogP contribution in [-0.4, -0.2) is 54.3 Å². The fraction of sp³-hybridized carbons (Fsp3) is 0.583. The third-order valence-corrected chi connectivity index (χ3v) is 6.41. The van der Waals surface area contributed by atoms with Crippen molar-refractivity contribution in [3.8, 4) is 0 Å². The molecular weight excluding hydrogens is 362 g/mol. The maximum Gasteiger partial charge on any atom is 0.238 e. The summed E-state index contributed by atoms with van der Waals surface area (Å²) in [5.41, 5.74) is 3.38. The number of nitrogens with one attached hydrogen (secondary N) is 1. The summed E-state index contributed by atoms with van der Waals surface area (Å²) in [7, 11) is 0. The molecule has 1 heterocycles. The van der Waals surface area contributed by atoms with Crippen molar-refractivity contribution in [1.82, 2.24) is 9.80 Å². The Balaban J connectivity index is 1.49. The van der Waals surface area contributed by atoms with Gasteiger partial charge in [-0.25, -0.2) is 0 Å². The van der Waals surface area contributed by atoms with Gasteiger partial charge in [0, 0.05) is 31.9 Å². The predicted molar refractivity (Wildman–Crippen MR) is 118 cm³/mol. The lowest BCUT2D eigenvalue weighted by atomic mass is 10.1. The highest BCUT2D eigenvalue weighted by Crippen LogP contribution is 2.60. The smallest absolute Gasteiger partial charge is 0.238 e. The number of amides is 2. The lowest BCUT2D eigenvalue weighted by molar-refractivity contribution is -0.135. The molecule has 2 amide bonds. The van der Waals surface area contributed by atoms with Gasteiger partial charge >= 0.3 is 0 Å². The maximum atomic E-state index is 13.0. The molecule has 2 atom stereocenters. The number of rotatable bonds is 6. The predicted octanol–water partition coefficient (Wildman–Crippen LogP) is 3.57. The van der Waals surface area contributed by atoms with Crippen LogP contribution in [0.4, 0.5) is 5.69 Å². The molecule has 1 aromatic rings. The second-order valence-corrected chi connectivity index (χ2v) is 9.23. The van der Waals surface area contributed by atoms with Crippen LogP contribution >= 0.6 is 0 Å². The van der Waals surface area contributed by atoms with Gasteiger partial charge in [0.25, 0.3) is 0 Å². The van der Waals surface area contributed by atoms with Gasteiger partial charge in [-0.05, 0) is 43.2 Å². The Morgan fingerprint density at radius 3 is 2.41 bits per heavy atom. The van der Waals surface area contributed by atoms with E-state index in [0.29, 0.717) is 25.6 Å². The zero-order valence-electron chi connectivity index (χ0n) is 18.5. The molecule has 2 unspecified atom stereocenters. The van der Waals surface area contributed by atoms with Crippen molar-refractivity contribution in [2.45, 2.75) is 41.0 Å². The molecule has 1 saturated carbocycles. The van der Waals surface area contributed by atoms with Crippen molar-refractivity contribution in [1.29, 1.82) is 0 Å². The fourth-order valence-electron chi connectivity index (χ4n) is 4.49. The highest BCUT2D eigenvalue weighted by atomic mass is 16.2. The molecule has 5 nitrogen and oxygen atoms in total. The van der Waals surface area contributed by atoms with Gasteiger partial charge in [-0.2, -0.15) is 0 Å². The monoisotopic (exact) mass is 397 g/mol. The molecule has 2 aliphatic rings. The zero-order valence-corrected chi connectivity index (χ0v) is 18.5.